The van der Waals surface area contributed by atoms with Crippen LogP contribution in [0.5, 0.6) is 0 Å². The molecule has 0 fully saturated rings. The molecule has 19 heavy (non-hydrogen) atoms. The van der Waals surface area contributed by atoms with Crippen molar-refractivity contribution in [3.8, 4) is 0 Å². The van der Waals surface area contributed by atoms with Gasteiger partial charge < -0.3 is 5.73 Å². The van der Waals surface area contributed by atoms with Crippen LogP contribution >= 0.6 is 0 Å². The molecule has 3 nitrogen and oxygen atoms in total. The molecule has 0 bridgehead atoms. The lowest BCUT2D eigenvalue weighted by atomic mass is 10.0. The number of rotatable bonds is 2. The number of halogens is 4. The van der Waals surface area contributed by atoms with Crippen molar-refractivity contribution >= 4 is 0 Å². The lowest BCUT2D eigenvalue weighted by Gasteiger charge is -2.13. The van der Waals surface area contributed by atoms with Crippen LogP contribution in [0, 0.1) is 5.82 Å². The number of alkyl halides is 3. The summed E-state index contributed by atoms with van der Waals surface area (Å²) in [5.41, 5.74) is 5.08. The molecule has 2 aromatic rings. The van der Waals surface area contributed by atoms with Crippen LogP contribution in [-0.4, -0.2) is 9.78 Å². The zero-order valence-electron chi connectivity index (χ0n) is 9.95. The van der Waals surface area contributed by atoms with Crippen LogP contribution in [0.15, 0.2) is 30.5 Å². The Morgan fingerprint density at radius 1 is 1.26 bits per heavy atom. The summed E-state index contributed by atoms with van der Waals surface area (Å²) in [6.45, 7) is 0. The van der Waals surface area contributed by atoms with E-state index in [-0.39, 0.29) is 5.56 Å². The first-order valence-corrected chi connectivity index (χ1v) is 5.41. The first-order chi connectivity index (χ1) is 8.79. The minimum absolute atomic E-state index is 0.160. The largest absolute Gasteiger partial charge is 0.419 e. The fourth-order valence-corrected chi connectivity index (χ4v) is 1.72. The number of aromatic nitrogens is 2. The van der Waals surface area contributed by atoms with Gasteiger partial charge in [-0.15, -0.1) is 0 Å². The van der Waals surface area contributed by atoms with Crippen molar-refractivity contribution < 1.29 is 17.6 Å². The van der Waals surface area contributed by atoms with Gasteiger partial charge >= 0.3 is 6.18 Å². The van der Waals surface area contributed by atoms with Gasteiger partial charge in [0.25, 0.3) is 0 Å². The van der Waals surface area contributed by atoms with E-state index in [2.05, 4.69) is 5.10 Å². The van der Waals surface area contributed by atoms with Crippen molar-refractivity contribution in [3.63, 3.8) is 0 Å². The second-order valence-electron chi connectivity index (χ2n) is 4.13. The molecule has 1 heterocycles. The predicted octanol–water partition coefficient (Wildman–Crippen LogP) is 2.63. The van der Waals surface area contributed by atoms with Crippen LogP contribution in [-0.2, 0) is 13.2 Å². The van der Waals surface area contributed by atoms with Crippen molar-refractivity contribution in [2.24, 2.45) is 12.8 Å². The van der Waals surface area contributed by atoms with Gasteiger partial charge in [-0.2, -0.15) is 18.3 Å². The monoisotopic (exact) mass is 273 g/mol. The summed E-state index contributed by atoms with van der Waals surface area (Å²) in [6, 6.07) is 3.48. The van der Waals surface area contributed by atoms with Gasteiger partial charge in [0, 0.05) is 13.2 Å². The number of benzene rings is 1. The number of nitrogens with two attached hydrogens (primary N) is 1. The molecule has 1 aromatic carbocycles. The number of nitrogens with zero attached hydrogens (tertiary/aromatic N) is 2. The summed E-state index contributed by atoms with van der Waals surface area (Å²) >= 11 is 0. The Balaban J connectivity index is 2.41. The van der Waals surface area contributed by atoms with Crippen LogP contribution in [0.4, 0.5) is 17.6 Å². The molecule has 1 aromatic heterocycles. The molecule has 1 unspecified atom stereocenters. The fraction of sp³-hybridized carbons (Fsp3) is 0.250. The Bertz CT molecular complexity index is 589. The first-order valence-electron chi connectivity index (χ1n) is 5.41. The normalized spacial score (nSPS) is 13.6. The minimum atomic E-state index is -4.75. The van der Waals surface area contributed by atoms with Gasteiger partial charge in [0.1, 0.15) is 5.82 Å². The zero-order chi connectivity index (χ0) is 14.2. The molecular weight excluding hydrogens is 262 g/mol. The Kier molecular flexibility index (Phi) is 3.32. The molecule has 0 radical (unpaired) electrons. The summed E-state index contributed by atoms with van der Waals surface area (Å²) in [4.78, 5) is 0. The number of aryl methyl sites for hydroxylation is 1. The molecule has 2 N–H and O–H groups in total. The maximum Gasteiger partial charge on any atom is 0.419 e. The third-order valence-electron chi connectivity index (χ3n) is 2.71. The molecule has 0 spiro atoms. The predicted molar refractivity (Wildman–Crippen MR) is 60.6 cm³/mol. The Labute approximate surface area is 106 Å². The molecule has 0 saturated carbocycles. The lowest BCUT2D eigenvalue weighted by molar-refractivity contribution is -0.140. The highest BCUT2D eigenvalue weighted by molar-refractivity contribution is 5.33. The summed E-state index contributed by atoms with van der Waals surface area (Å²) in [5.74, 6) is -1.32. The molecular formula is C12H11F4N3. The average Bonchev–Trinajstić information content (AvgIpc) is 2.74. The molecule has 0 aliphatic rings. The van der Waals surface area contributed by atoms with E-state index < -0.39 is 23.6 Å². The van der Waals surface area contributed by atoms with E-state index in [4.69, 9.17) is 5.73 Å². The highest BCUT2D eigenvalue weighted by atomic mass is 19.4. The van der Waals surface area contributed by atoms with E-state index in [9.17, 15) is 17.6 Å². The van der Waals surface area contributed by atoms with Gasteiger partial charge in [-0.05, 0) is 23.8 Å². The van der Waals surface area contributed by atoms with Gasteiger partial charge in [0.15, 0.2) is 0 Å². The maximum atomic E-state index is 13.2. The lowest BCUT2D eigenvalue weighted by Crippen LogP contribution is -2.15. The van der Waals surface area contributed by atoms with Gasteiger partial charge in [0.05, 0.1) is 17.3 Å². The Morgan fingerprint density at radius 3 is 2.47 bits per heavy atom. The highest BCUT2D eigenvalue weighted by Gasteiger charge is 2.34. The summed E-state index contributed by atoms with van der Waals surface area (Å²) in [6.07, 6.45) is -3.12. The van der Waals surface area contributed by atoms with Crippen molar-refractivity contribution in [1.82, 2.24) is 9.78 Å². The molecule has 0 saturated heterocycles. The van der Waals surface area contributed by atoms with E-state index >= 15 is 0 Å². The van der Waals surface area contributed by atoms with Crippen molar-refractivity contribution in [1.29, 1.82) is 0 Å². The van der Waals surface area contributed by atoms with Crippen molar-refractivity contribution in [2.45, 2.75) is 12.2 Å². The molecule has 0 aliphatic carbocycles. The van der Waals surface area contributed by atoms with E-state index in [0.29, 0.717) is 11.8 Å². The minimum Gasteiger partial charge on any atom is -0.319 e. The standard InChI is InChI=1S/C12H11F4N3/c1-19-5-4-10(18-19)11(17)7-2-3-9(13)8(6-7)12(14,15)16/h2-6,11H,17H2,1H3. The van der Waals surface area contributed by atoms with E-state index in [1.807, 2.05) is 0 Å². The van der Waals surface area contributed by atoms with Crippen LogP contribution in [0.3, 0.4) is 0 Å². The summed E-state index contributed by atoms with van der Waals surface area (Å²) in [7, 11) is 1.67. The Morgan fingerprint density at radius 2 is 1.95 bits per heavy atom. The number of hydrogen-bond donors (Lipinski definition) is 1. The van der Waals surface area contributed by atoms with Gasteiger partial charge in [-0.25, -0.2) is 4.39 Å². The second kappa shape index (κ2) is 4.65. The molecule has 2 rings (SSSR count). The molecule has 7 heteroatoms. The van der Waals surface area contributed by atoms with Crippen molar-refractivity contribution in [3.05, 3.63) is 53.1 Å². The third-order valence-corrected chi connectivity index (χ3v) is 2.71. The number of hydrogen-bond acceptors (Lipinski definition) is 2. The second-order valence-corrected chi connectivity index (χ2v) is 4.13. The zero-order valence-corrected chi connectivity index (χ0v) is 9.95. The van der Waals surface area contributed by atoms with E-state index in [1.54, 1.807) is 19.3 Å². The summed E-state index contributed by atoms with van der Waals surface area (Å²) in [5, 5.41) is 4.02. The Hall–Kier alpha value is -1.89. The molecule has 0 aliphatic heterocycles. The molecule has 0 amide bonds. The highest BCUT2D eigenvalue weighted by Crippen LogP contribution is 2.33. The topological polar surface area (TPSA) is 43.8 Å². The summed E-state index contributed by atoms with van der Waals surface area (Å²) < 4.78 is 52.4. The smallest absolute Gasteiger partial charge is 0.319 e. The van der Waals surface area contributed by atoms with Crippen LogP contribution in [0.1, 0.15) is 22.9 Å². The third kappa shape index (κ3) is 2.76. The van der Waals surface area contributed by atoms with Gasteiger partial charge in [-0.1, -0.05) is 6.07 Å². The van der Waals surface area contributed by atoms with Gasteiger partial charge in [0.2, 0.25) is 0 Å². The fourth-order valence-electron chi connectivity index (χ4n) is 1.72. The first kappa shape index (κ1) is 13.5. The van der Waals surface area contributed by atoms with Gasteiger partial charge in [-0.3, -0.25) is 4.68 Å². The average molecular weight is 273 g/mol. The van der Waals surface area contributed by atoms with E-state index in [0.717, 1.165) is 6.07 Å². The molecule has 102 valence electrons. The van der Waals surface area contributed by atoms with Crippen molar-refractivity contribution in [2.75, 3.05) is 0 Å². The van der Waals surface area contributed by atoms with Crippen LogP contribution < -0.4 is 5.73 Å². The van der Waals surface area contributed by atoms with Crippen LogP contribution in [0.25, 0.3) is 0 Å². The van der Waals surface area contributed by atoms with E-state index in [1.165, 1.54) is 10.7 Å². The maximum absolute atomic E-state index is 13.2. The SMILES string of the molecule is Cn1ccc(C(N)c2ccc(F)c(C(F)(F)F)c2)n1. The van der Waals surface area contributed by atoms with Crippen LogP contribution in [0.2, 0.25) is 0 Å². The quantitative estimate of drug-likeness (QED) is 0.855. The molecule has 1 atom stereocenters.